The van der Waals surface area contributed by atoms with Gasteiger partial charge in [-0.1, -0.05) is 11.6 Å². The summed E-state index contributed by atoms with van der Waals surface area (Å²) in [6.45, 7) is 1.25. The molecular weight excluding hydrogens is 505 g/mol. The third-order valence-corrected chi connectivity index (χ3v) is 8.86. The van der Waals surface area contributed by atoms with Gasteiger partial charge in [0.2, 0.25) is 9.84 Å². The minimum Gasteiger partial charge on any atom is -0.331 e. The zero-order valence-corrected chi connectivity index (χ0v) is 19.0. The lowest BCUT2D eigenvalue weighted by Gasteiger charge is -2.31. The van der Waals surface area contributed by atoms with Gasteiger partial charge in [0, 0.05) is 44.7 Å². The van der Waals surface area contributed by atoms with Crippen LogP contribution < -0.4 is 10.6 Å². The lowest BCUT2D eigenvalue weighted by molar-refractivity contribution is -0.137. The molecule has 2 fully saturated rings. The second-order valence-electron chi connectivity index (χ2n) is 8.25. The zero-order chi connectivity index (χ0) is 24.9. The number of hydrogen-bond donors (Lipinski definition) is 2. The molecule has 0 unspecified atom stereocenters. The van der Waals surface area contributed by atoms with E-state index in [9.17, 15) is 35.2 Å². The van der Waals surface area contributed by atoms with Gasteiger partial charge in [0.05, 0.1) is 21.0 Å². The van der Waals surface area contributed by atoms with Crippen LogP contribution in [0.4, 0.5) is 22.0 Å². The van der Waals surface area contributed by atoms with Crippen LogP contribution in [0.25, 0.3) is 0 Å². The summed E-state index contributed by atoms with van der Waals surface area (Å²) < 4.78 is 94.3. The standard InChI is InChI=1S/C21H19ClF5N3O3S/c22-16-7-12(21(25,26)27)1-4-18(16)34(32,33)20(9-14-10-28-5-6-30(14)11-20)29-19(31)15-3-2-13(23)8-17(15)24/h1-4,7-8,14,28H,5-6,9-11H2,(H,29,31)/t14-,20-/m0/s1. The highest BCUT2D eigenvalue weighted by atomic mass is 35.5. The third kappa shape index (κ3) is 4.39. The largest absolute Gasteiger partial charge is 0.416 e. The topological polar surface area (TPSA) is 78.5 Å². The Labute approximate surface area is 197 Å². The van der Waals surface area contributed by atoms with E-state index in [4.69, 9.17) is 11.6 Å². The van der Waals surface area contributed by atoms with Crippen molar-refractivity contribution in [2.75, 3.05) is 26.2 Å². The average Bonchev–Trinajstić information content (AvgIpc) is 3.12. The Balaban J connectivity index is 1.78. The Kier molecular flexibility index (Phi) is 6.38. The van der Waals surface area contributed by atoms with Crippen molar-refractivity contribution in [1.29, 1.82) is 0 Å². The Morgan fingerprint density at radius 2 is 1.91 bits per heavy atom. The molecule has 0 radical (unpaired) electrons. The van der Waals surface area contributed by atoms with Gasteiger partial charge >= 0.3 is 6.18 Å². The number of rotatable bonds is 4. The highest BCUT2D eigenvalue weighted by molar-refractivity contribution is 7.93. The van der Waals surface area contributed by atoms with Gasteiger partial charge in [0.25, 0.3) is 5.91 Å². The van der Waals surface area contributed by atoms with Crippen molar-refractivity contribution in [2.24, 2.45) is 0 Å². The molecule has 1 amide bonds. The van der Waals surface area contributed by atoms with Crippen molar-refractivity contribution in [3.63, 3.8) is 0 Å². The third-order valence-electron chi connectivity index (χ3n) is 6.08. The number of carbonyl (C=O) groups is 1. The molecular formula is C21H19ClF5N3O3S. The average molecular weight is 524 g/mol. The Morgan fingerprint density at radius 1 is 1.18 bits per heavy atom. The molecule has 2 aromatic carbocycles. The van der Waals surface area contributed by atoms with E-state index in [1.54, 1.807) is 0 Å². The molecule has 2 aliphatic heterocycles. The van der Waals surface area contributed by atoms with Gasteiger partial charge < -0.3 is 10.6 Å². The predicted octanol–water partition coefficient (Wildman–Crippen LogP) is 3.21. The SMILES string of the molecule is O=C(N[C@]1(S(=O)(=O)c2ccc(C(F)(F)F)cc2Cl)C[C@H]2CNCCN2C1)c1ccc(F)cc1F. The minimum atomic E-state index is -4.74. The highest BCUT2D eigenvalue weighted by Crippen LogP contribution is 2.41. The van der Waals surface area contributed by atoms with E-state index >= 15 is 0 Å². The van der Waals surface area contributed by atoms with Crippen molar-refractivity contribution in [1.82, 2.24) is 15.5 Å². The fourth-order valence-corrected chi connectivity index (χ4v) is 6.84. The number of piperazine rings is 1. The number of halogens is 6. The first kappa shape index (κ1) is 24.8. The van der Waals surface area contributed by atoms with Crippen LogP contribution in [-0.4, -0.2) is 56.3 Å². The van der Waals surface area contributed by atoms with Crippen LogP contribution in [0.2, 0.25) is 5.02 Å². The number of nitrogens with one attached hydrogen (secondary N) is 2. The molecule has 6 nitrogen and oxygen atoms in total. The van der Waals surface area contributed by atoms with Gasteiger partial charge in [0.15, 0.2) is 4.87 Å². The number of hydrogen-bond acceptors (Lipinski definition) is 5. The molecule has 2 heterocycles. The summed E-state index contributed by atoms with van der Waals surface area (Å²) in [5.74, 6) is -3.20. The summed E-state index contributed by atoms with van der Waals surface area (Å²) in [7, 11) is -4.57. The number of sulfone groups is 1. The maximum absolute atomic E-state index is 14.2. The van der Waals surface area contributed by atoms with Gasteiger partial charge in [-0.25, -0.2) is 17.2 Å². The number of carbonyl (C=O) groups excluding carboxylic acids is 1. The van der Waals surface area contributed by atoms with Crippen LogP contribution in [0.5, 0.6) is 0 Å². The smallest absolute Gasteiger partial charge is 0.331 e. The molecule has 0 aromatic heterocycles. The normalized spacial score (nSPS) is 23.5. The molecule has 2 N–H and O–H groups in total. The number of fused-ring (bicyclic) bond motifs is 1. The molecule has 0 aliphatic carbocycles. The van der Waals surface area contributed by atoms with Gasteiger partial charge in [0.1, 0.15) is 11.6 Å². The first-order chi connectivity index (χ1) is 15.8. The van der Waals surface area contributed by atoms with E-state index in [1.807, 2.05) is 4.90 Å². The van der Waals surface area contributed by atoms with Gasteiger partial charge in [-0.05, 0) is 30.3 Å². The van der Waals surface area contributed by atoms with Crippen molar-refractivity contribution >= 4 is 27.3 Å². The maximum atomic E-state index is 14.2. The maximum Gasteiger partial charge on any atom is 0.416 e. The summed E-state index contributed by atoms with van der Waals surface area (Å²) in [6.07, 6.45) is -4.86. The summed E-state index contributed by atoms with van der Waals surface area (Å²) in [5.41, 5.74) is -1.70. The lowest BCUT2D eigenvalue weighted by Crippen LogP contribution is -2.56. The van der Waals surface area contributed by atoms with E-state index < -0.39 is 59.5 Å². The second-order valence-corrected chi connectivity index (χ2v) is 10.9. The molecule has 184 valence electrons. The van der Waals surface area contributed by atoms with E-state index in [2.05, 4.69) is 10.6 Å². The van der Waals surface area contributed by atoms with Gasteiger partial charge in [-0.3, -0.25) is 9.69 Å². The molecule has 0 spiro atoms. The molecule has 4 rings (SSSR count). The molecule has 0 bridgehead atoms. The predicted molar refractivity (Wildman–Crippen MR) is 113 cm³/mol. The quantitative estimate of drug-likeness (QED) is 0.602. The number of amides is 1. The highest BCUT2D eigenvalue weighted by Gasteiger charge is 2.55. The fourth-order valence-electron chi connectivity index (χ4n) is 4.39. The molecule has 2 aromatic rings. The van der Waals surface area contributed by atoms with Crippen molar-refractivity contribution in [3.8, 4) is 0 Å². The lowest BCUT2D eigenvalue weighted by atomic mass is 10.1. The van der Waals surface area contributed by atoms with Crippen LogP contribution in [-0.2, 0) is 16.0 Å². The van der Waals surface area contributed by atoms with Gasteiger partial charge in [-0.15, -0.1) is 0 Å². The van der Waals surface area contributed by atoms with Crippen molar-refractivity contribution in [2.45, 2.75) is 28.4 Å². The second kappa shape index (κ2) is 8.74. The fraction of sp³-hybridized carbons (Fsp3) is 0.381. The zero-order valence-electron chi connectivity index (χ0n) is 17.4. The molecule has 13 heteroatoms. The number of benzene rings is 2. The van der Waals surface area contributed by atoms with Crippen LogP contribution in [0.1, 0.15) is 22.3 Å². The first-order valence-electron chi connectivity index (χ1n) is 10.2. The molecule has 2 aliphatic rings. The van der Waals surface area contributed by atoms with Crippen LogP contribution in [0.3, 0.4) is 0 Å². The van der Waals surface area contributed by atoms with E-state index in [0.29, 0.717) is 37.8 Å². The van der Waals surface area contributed by atoms with Gasteiger partial charge in [-0.2, -0.15) is 13.2 Å². The van der Waals surface area contributed by atoms with Crippen LogP contribution >= 0.6 is 11.6 Å². The summed E-state index contributed by atoms with van der Waals surface area (Å²) in [5, 5.41) is 4.86. The van der Waals surface area contributed by atoms with E-state index in [1.165, 1.54) is 0 Å². The first-order valence-corrected chi connectivity index (χ1v) is 12.0. The van der Waals surface area contributed by atoms with Crippen molar-refractivity contribution in [3.05, 3.63) is 64.2 Å². The minimum absolute atomic E-state index is 0.117. The Bertz CT molecular complexity index is 1220. The monoisotopic (exact) mass is 523 g/mol. The number of nitrogens with zero attached hydrogens (tertiary/aromatic N) is 1. The Morgan fingerprint density at radius 3 is 2.53 bits per heavy atom. The van der Waals surface area contributed by atoms with Crippen LogP contribution in [0.15, 0.2) is 41.3 Å². The Hall–Kier alpha value is -2.28. The molecule has 2 saturated heterocycles. The summed E-state index contributed by atoms with van der Waals surface area (Å²) in [6, 6.07) is 3.77. The van der Waals surface area contributed by atoms with Crippen molar-refractivity contribution < 1.29 is 35.2 Å². The number of alkyl halides is 3. The molecule has 2 atom stereocenters. The summed E-state index contributed by atoms with van der Waals surface area (Å²) in [4.78, 5) is 12.2. The van der Waals surface area contributed by atoms with E-state index in [0.717, 1.165) is 18.2 Å². The summed E-state index contributed by atoms with van der Waals surface area (Å²) >= 11 is 5.99. The van der Waals surface area contributed by atoms with E-state index in [-0.39, 0.29) is 19.0 Å². The molecule has 34 heavy (non-hydrogen) atoms. The van der Waals surface area contributed by atoms with Crippen LogP contribution in [0, 0.1) is 11.6 Å². The molecule has 0 saturated carbocycles.